The van der Waals surface area contributed by atoms with Gasteiger partial charge in [-0.1, -0.05) is 17.7 Å². The number of hydrogen-bond acceptors (Lipinski definition) is 5. The van der Waals surface area contributed by atoms with Gasteiger partial charge in [-0.25, -0.2) is 8.42 Å². The Labute approximate surface area is 178 Å². The molecule has 1 N–H and O–H groups in total. The molecule has 0 radical (unpaired) electrons. The zero-order valence-corrected chi connectivity index (χ0v) is 18.3. The minimum absolute atomic E-state index is 0.0797. The van der Waals surface area contributed by atoms with Crippen molar-refractivity contribution >= 4 is 15.9 Å². The summed E-state index contributed by atoms with van der Waals surface area (Å²) in [6.45, 7) is 4.40. The fraction of sp³-hybridized carbons (Fsp3) is 0.409. The largest absolute Gasteiger partial charge is 0.497 e. The van der Waals surface area contributed by atoms with Crippen LogP contribution in [-0.4, -0.2) is 51.0 Å². The van der Waals surface area contributed by atoms with Gasteiger partial charge in [0.05, 0.1) is 12.0 Å². The van der Waals surface area contributed by atoms with E-state index in [0.717, 1.165) is 5.56 Å². The van der Waals surface area contributed by atoms with E-state index in [1.54, 1.807) is 31.2 Å². The molecule has 0 aromatic heterocycles. The van der Waals surface area contributed by atoms with Crippen LogP contribution in [0.2, 0.25) is 0 Å². The smallest absolute Gasteiger partial charge is 0.260 e. The summed E-state index contributed by atoms with van der Waals surface area (Å²) in [5.74, 6) is 1.05. The van der Waals surface area contributed by atoms with Gasteiger partial charge < -0.3 is 14.8 Å². The molecule has 1 atom stereocenters. The van der Waals surface area contributed by atoms with Gasteiger partial charge in [0.1, 0.15) is 11.5 Å². The molecule has 1 aliphatic heterocycles. The maximum atomic E-state index is 12.8. The minimum atomic E-state index is -3.56. The summed E-state index contributed by atoms with van der Waals surface area (Å²) in [6, 6.07) is 13.8. The lowest BCUT2D eigenvalue weighted by atomic mass is 10.1. The number of rotatable bonds is 7. The number of nitrogens with one attached hydrogen (secondary N) is 1. The monoisotopic (exact) mass is 432 g/mol. The first-order valence-electron chi connectivity index (χ1n) is 9.97. The van der Waals surface area contributed by atoms with Crippen LogP contribution < -0.4 is 14.8 Å². The van der Waals surface area contributed by atoms with Crippen molar-refractivity contribution in [3.05, 3.63) is 54.1 Å². The first kappa shape index (κ1) is 22.1. The Morgan fingerprint density at radius 1 is 1.03 bits per heavy atom. The highest BCUT2D eigenvalue weighted by Crippen LogP contribution is 2.23. The van der Waals surface area contributed by atoms with Gasteiger partial charge in [0, 0.05) is 19.1 Å². The number of nitrogens with zero attached hydrogens (tertiary/aromatic N) is 1. The molecule has 1 saturated heterocycles. The number of sulfonamides is 1. The number of piperidine rings is 1. The van der Waals surface area contributed by atoms with E-state index in [9.17, 15) is 13.2 Å². The quantitative estimate of drug-likeness (QED) is 0.727. The molecule has 2 aromatic rings. The highest BCUT2D eigenvalue weighted by Gasteiger charge is 2.30. The maximum absolute atomic E-state index is 12.8. The lowest BCUT2D eigenvalue weighted by Crippen LogP contribution is -2.49. The predicted molar refractivity (Wildman–Crippen MR) is 114 cm³/mol. The van der Waals surface area contributed by atoms with Crippen molar-refractivity contribution in [1.29, 1.82) is 0 Å². The minimum Gasteiger partial charge on any atom is -0.497 e. The Bertz CT molecular complexity index is 950. The van der Waals surface area contributed by atoms with Gasteiger partial charge >= 0.3 is 0 Å². The van der Waals surface area contributed by atoms with E-state index in [-0.39, 0.29) is 16.8 Å². The van der Waals surface area contributed by atoms with E-state index in [0.29, 0.717) is 37.4 Å². The van der Waals surface area contributed by atoms with Crippen molar-refractivity contribution in [3.8, 4) is 11.5 Å². The van der Waals surface area contributed by atoms with Crippen LogP contribution in [0.25, 0.3) is 0 Å². The lowest BCUT2D eigenvalue weighted by molar-refractivity contribution is -0.128. The molecule has 0 aliphatic carbocycles. The number of aryl methyl sites for hydroxylation is 1. The standard InChI is InChI=1S/C22H28N2O5S/c1-16-4-6-20(7-5-16)29-17(2)22(25)23-18-12-14-24(15-13-18)30(26,27)21-10-8-19(28-3)9-11-21/h4-11,17-18H,12-15H2,1-3H3,(H,23,25). The molecule has 1 amide bonds. The second-order valence-corrected chi connectivity index (χ2v) is 9.37. The number of ether oxygens (including phenoxy) is 2. The average molecular weight is 433 g/mol. The summed E-state index contributed by atoms with van der Waals surface area (Å²) in [5.41, 5.74) is 1.12. The van der Waals surface area contributed by atoms with Crippen LogP contribution >= 0.6 is 0 Å². The first-order valence-corrected chi connectivity index (χ1v) is 11.4. The topological polar surface area (TPSA) is 84.9 Å². The molecule has 30 heavy (non-hydrogen) atoms. The van der Waals surface area contributed by atoms with Crippen molar-refractivity contribution in [2.75, 3.05) is 20.2 Å². The highest BCUT2D eigenvalue weighted by atomic mass is 32.2. The van der Waals surface area contributed by atoms with Crippen LogP contribution in [0.3, 0.4) is 0 Å². The maximum Gasteiger partial charge on any atom is 0.260 e. The third kappa shape index (κ3) is 5.31. The molecule has 1 heterocycles. The summed E-state index contributed by atoms with van der Waals surface area (Å²) < 4.78 is 37.9. The molecular formula is C22H28N2O5S. The Kier molecular flexibility index (Phi) is 6.99. The molecule has 0 spiro atoms. The van der Waals surface area contributed by atoms with E-state index in [1.165, 1.54) is 11.4 Å². The molecular weight excluding hydrogens is 404 g/mol. The van der Waals surface area contributed by atoms with Crippen LogP contribution in [-0.2, 0) is 14.8 Å². The second-order valence-electron chi connectivity index (χ2n) is 7.44. The Hall–Kier alpha value is -2.58. The second kappa shape index (κ2) is 9.49. The molecule has 7 nitrogen and oxygen atoms in total. The van der Waals surface area contributed by atoms with Gasteiger partial charge in [0.15, 0.2) is 6.10 Å². The van der Waals surface area contributed by atoms with Crippen LogP contribution in [0.5, 0.6) is 11.5 Å². The molecule has 2 aromatic carbocycles. The van der Waals surface area contributed by atoms with Crippen LogP contribution in [0.1, 0.15) is 25.3 Å². The zero-order chi connectivity index (χ0) is 21.7. The van der Waals surface area contributed by atoms with Gasteiger partial charge in [0.25, 0.3) is 5.91 Å². The summed E-state index contributed by atoms with van der Waals surface area (Å²) in [6.07, 6.45) is 0.477. The molecule has 3 rings (SSSR count). The number of carbonyl (C=O) groups is 1. The number of hydrogen-bond donors (Lipinski definition) is 1. The zero-order valence-electron chi connectivity index (χ0n) is 17.5. The Morgan fingerprint density at radius 2 is 1.60 bits per heavy atom. The van der Waals surface area contributed by atoms with E-state index in [4.69, 9.17) is 9.47 Å². The third-order valence-electron chi connectivity index (χ3n) is 5.20. The van der Waals surface area contributed by atoms with Gasteiger partial charge in [0.2, 0.25) is 10.0 Å². The molecule has 0 bridgehead atoms. The van der Waals surface area contributed by atoms with Crippen LogP contribution in [0, 0.1) is 6.92 Å². The summed E-state index contributed by atoms with van der Waals surface area (Å²) in [5, 5.41) is 2.98. The third-order valence-corrected chi connectivity index (χ3v) is 7.11. The predicted octanol–water partition coefficient (Wildman–Crippen LogP) is 2.74. The van der Waals surface area contributed by atoms with Crippen LogP contribution in [0.15, 0.2) is 53.4 Å². The number of carbonyl (C=O) groups excluding carboxylic acids is 1. The number of amides is 1. The SMILES string of the molecule is COc1ccc(S(=O)(=O)N2CCC(NC(=O)C(C)Oc3ccc(C)cc3)CC2)cc1. The van der Waals surface area contributed by atoms with E-state index in [1.807, 2.05) is 31.2 Å². The fourth-order valence-electron chi connectivity index (χ4n) is 3.33. The molecule has 1 aliphatic rings. The molecule has 1 unspecified atom stereocenters. The van der Waals surface area contributed by atoms with Gasteiger partial charge in [-0.15, -0.1) is 0 Å². The Balaban J connectivity index is 1.51. The fourth-order valence-corrected chi connectivity index (χ4v) is 4.80. The van der Waals surface area contributed by atoms with Crippen molar-refractivity contribution in [3.63, 3.8) is 0 Å². The Morgan fingerprint density at radius 3 is 2.17 bits per heavy atom. The van der Waals surface area contributed by atoms with Crippen molar-refractivity contribution in [2.24, 2.45) is 0 Å². The summed E-state index contributed by atoms with van der Waals surface area (Å²) in [4.78, 5) is 12.7. The van der Waals surface area contributed by atoms with Gasteiger partial charge in [-0.3, -0.25) is 4.79 Å². The van der Waals surface area contributed by atoms with Crippen molar-refractivity contribution in [1.82, 2.24) is 9.62 Å². The van der Waals surface area contributed by atoms with Crippen molar-refractivity contribution < 1.29 is 22.7 Å². The summed E-state index contributed by atoms with van der Waals surface area (Å²) >= 11 is 0. The molecule has 1 fully saturated rings. The first-order chi connectivity index (χ1) is 14.3. The number of methoxy groups -OCH3 is 1. The molecule has 0 saturated carbocycles. The normalized spacial score (nSPS) is 16.6. The summed E-state index contributed by atoms with van der Waals surface area (Å²) in [7, 11) is -2.02. The highest BCUT2D eigenvalue weighted by molar-refractivity contribution is 7.89. The van der Waals surface area contributed by atoms with Crippen molar-refractivity contribution in [2.45, 2.75) is 43.7 Å². The molecule has 8 heteroatoms. The lowest BCUT2D eigenvalue weighted by Gasteiger charge is -2.32. The van der Waals surface area contributed by atoms with E-state index < -0.39 is 16.1 Å². The van der Waals surface area contributed by atoms with Gasteiger partial charge in [-0.2, -0.15) is 4.31 Å². The van der Waals surface area contributed by atoms with E-state index >= 15 is 0 Å². The van der Waals surface area contributed by atoms with Gasteiger partial charge in [-0.05, 0) is 63.1 Å². The van der Waals surface area contributed by atoms with Crippen LogP contribution in [0.4, 0.5) is 0 Å². The molecule has 162 valence electrons. The van der Waals surface area contributed by atoms with E-state index in [2.05, 4.69) is 5.32 Å². The number of benzene rings is 2. The average Bonchev–Trinajstić information content (AvgIpc) is 2.75.